The van der Waals surface area contributed by atoms with Crippen LogP contribution >= 0.6 is 15.6 Å². The fourth-order valence-electron chi connectivity index (χ4n) is 2.50. The molecule has 0 aliphatic rings. The summed E-state index contributed by atoms with van der Waals surface area (Å²) < 4.78 is 46.6. The second-order valence-electron chi connectivity index (χ2n) is 7.80. The molecule has 0 rings (SSSR count). The molecule has 0 aromatic carbocycles. The summed E-state index contributed by atoms with van der Waals surface area (Å²) in [6.07, 6.45) is 8.75. The molecule has 7 nitrogen and oxygen atoms in total. The van der Waals surface area contributed by atoms with E-state index in [0.29, 0.717) is 24.8 Å². The van der Waals surface area contributed by atoms with E-state index in [1.165, 1.54) is 6.08 Å². The van der Waals surface area contributed by atoms with Gasteiger partial charge in [0, 0.05) is 6.42 Å². The van der Waals surface area contributed by atoms with E-state index in [4.69, 9.17) is 9.79 Å². The molecule has 0 spiro atoms. The predicted octanol–water partition coefficient (Wildman–Crippen LogP) is 6.65. The number of allylic oxidation sites excluding steroid dienone is 6. The van der Waals surface area contributed by atoms with E-state index in [0.717, 1.165) is 29.2 Å². The van der Waals surface area contributed by atoms with E-state index < -0.39 is 27.9 Å². The van der Waals surface area contributed by atoms with E-state index in [9.17, 15) is 14.0 Å². The van der Waals surface area contributed by atoms with E-state index in [1.54, 1.807) is 13.8 Å². The SMILES string of the molecule is CC(C)=CCCC(C)=CCC(F)(C=C(C)CCC=C(C)C)OP(=O)(O)OP(=O)(O)O. The highest BCUT2D eigenvalue weighted by Gasteiger charge is 2.41. The van der Waals surface area contributed by atoms with Gasteiger partial charge in [-0.25, -0.2) is 18.0 Å². The van der Waals surface area contributed by atoms with Gasteiger partial charge in [0.25, 0.3) is 0 Å². The molecule has 0 heterocycles. The second kappa shape index (κ2) is 12.9. The molecular weight excluding hydrogens is 433 g/mol. The van der Waals surface area contributed by atoms with Crippen LogP contribution in [-0.4, -0.2) is 20.5 Å². The fraction of sp³-hybridized carbons (Fsp3) is 0.600. The van der Waals surface area contributed by atoms with Gasteiger partial charge in [-0.2, -0.15) is 4.31 Å². The van der Waals surface area contributed by atoms with Gasteiger partial charge in [-0.1, -0.05) is 40.5 Å². The summed E-state index contributed by atoms with van der Waals surface area (Å²) in [5, 5.41) is 0. The molecule has 0 aliphatic carbocycles. The van der Waals surface area contributed by atoms with Crippen LogP contribution in [0.2, 0.25) is 0 Å². The molecule has 0 bridgehead atoms. The maximum absolute atomic E-state index is 15.5. The first kappa shape index (κ1) is 29.1. The Morgan fingerprint density at radius 3 is 1.77 bits per heavy atom. The average Bonchev–Trinajstić information content (AvgIpc) is 2.49. The van der Waals surface area contributed by atoms with Crippen LogP contribution in [-0.2, 0) is 18.0 Å². The number of rotatable bonds is 13. The molecule has 0 aromatic rings. The summed E-state index contributed by atoms with van der Waals surface area (Å²) in [7, 11) is -10.7. The maximum Gasteiger partial charge on any atom is 0.484 e. The van der Waals surface area contributed by atoms with Crippen molar-refractivity contribution in [3.63, 3.8) is 0 Å². The van der Waals surface area contributed by atoms with Gasteiger partial charge < -0.3 is 14.7 Å². The zero-order valence-electron chi connectivity index (χ0n) is 18.6. The van der Waals surface area contributed by atoms with Gasteiger partial charge in [0.1, 0.15) is 0 Å². The topological polar surface area (TPSA) is 113 Å². The zero-order chi connectivity index (χ0) is 23.6. The molecule has 0 aromatic heterocycles. The Kier molecular flexibility index (Phi) is 12.5. The zero-order valence-corrected chi connectivity index (χ0v) is 20.4. The van der Waals surface area contributed by atoms with E-state index in [2.05, 4.69) is 8.83 Å². The lowest BCUT2D eigenvalue weighted by molar-refractivity contribution is -0.0344. The van der Waals surface area contributed by atoms with Crippen LogP contribution in [0.25, 0.3) is 0 Å². The van der Waals surface area contributed by atoms with Crippen LogP contribution in [0.15, 0.2) is 46.6 Å². The lowest BCUT2D eigenvalue weighted by Crippen LogP contribution is -2.23. The highest BCUT2D eigenvalue weighted by atomic mass is 31.3. The molecule has 0 aliphatic heterocycles. The first-order chi connectivity index (χ1) is 13.5. The van der Waals surface area contributed by atoms with Crippen molar-refractivity contribution in [2.24, 2.45) is 0 Å². The van der Waals surface area contributed by atoms with Gasteiger partial charge in [0.15, 0.2) is 0 Å². The lowest BCUT2D eigenvalue weighted by Gasteiger charge is -2.24. The Hall–Kier alpha value is -0.850. The van der Waals surface area contributed by atoms with Crippen molar-refractivity contribution >= 4 is 15.6 Å². The molecule has 0 amide bonds. The Balaban J connectivity index is 5.57. The molecule has 2 unspecified atom stereocenters. The van der Waals surface area contributed by atoms with Crippen LogP contribution in [0.3, 0.4) is 0 Å². The van der Waals surface area contributed by atoms with Crippen LogP contribution in [0, 0.1) is 0 Å². The third kappa shape index (κ3) is 15.9. The first-order valence-electron chi connectivity index (χ1n) is 9.63. The van der Waals surface area contributed by atoms with E-state index in [-0.39, 0.29) is 0 Å². The largest absolute Gasteiger partial charge is 0.484 e. The fourth-order valence-corrected chi connectivity index (χ4v) is 4.22. The molecule has 3 N–H and O–H groups in total. The Morgan fingerprint density at radius 2 is 1.33 bits per heavy atom. The van der Waals surface area contributed by atoms with Crippen molar-refractivity contribution < 1.29 is 37.0 Å². The van der Waals surface area contributed by atoms with Crippen molar-refractivity contribution in [3.05, 3.63) is 46.6 Å². The quantitative estimate of drug-likeness (QED) is 0.205. The Labute approximate surface area is 179 Å². The van der Waals surface area contributed by atoms with Crippen LogP contribution in [0.5, 0.6) is 0 Å². The predicted molar refractivity (Wildman–Crippen MR) is 117 cm³/mol. The van der Waals surface area contributed by atoms with Crippen molar-refractivity contribution in [1.82, 2.24) is 0 Å². The van der Waals surface area contributed by atoms with Gasteiger partial charge >= 0.3 is 15.6 Å². The number of hydrogen-bond donors (Lipinski definition) is 3. The Morgan fingerprint density at radius 1 is 0.867 bits per heavy atom. The van der Waals surface area contributed by atoms with Gasteiger partial charge in [-0.05, 0) is 73.3 Å². The van der Waals surface area contributed by atoms with Crippen molar-refractivity contribution in [2.75, 3.05) is 0 Å². The highest BCUT2D eigenvalue weighted by molar-refractivity contribution is 7.60. The lowest BCUT2D eigenvalue weighted by atomic mass is 10.0. The van der Waals surface area contributed by atoms with E-state index >= 15 is 4.39 Å². The minimum atomic E-state index is -5.36. The highest BCUT2D eigenvalue weighted by Crippen LogP contribution is 2.60. The minimum absolute atomic E-state index is 0.414. The van der Waals surface area contributed by atoms with Gasteiger partial charge in [-0.15, -0.1) is 0 Å². The maximum atomic E-state index is 15.5. The molecule has 0 saturated heterocycles. The molecule has 0 radical (unpaired) electrons. The molecular formula is C20H35FO7P2. The summed E-state index contributed by atoms with van der Waals surface area (Å²) in [5.41, 5.74) is 3.67. The molecule has 2 atom stereocenters. The first-order valence-corrected chi connectivity index (χ1v) is 12.7. The number of phosphoric ester groups is 1. The van der Waals surface area contributed by atoms with Crippen molar-refractivity contribution in [2.45, 2.75) is 79.5 Å². The molecule has 0 fully saturated rings. The number of hydrogen-bond acceptors (Lipinski definition) is 4. The van der Waals surface area contributed by atoms with Crippen LogP contribution in [0.1, 0.15) is 73.6 Å². The van der Waals surface area contributed by atoms with Crippen molar-refractivity contribution in [1.29, 1.82) is 0 Å². The van der Waals surface area contributed by atoms with Crippen molar-refractivity contribution in [3.8, 4) is 0 Å². The summed E-state index contributed by atoms with van der Waals surface area (Å²) in [6, 6.07) is 0. The standard InChI is InChI=1S/C20H35FO7P2/c1-16(2)9-7-11-18(5)13-14-20(21,15-19(6)12-8-10-17(3)4)27-30(25,26)28-29(22,23)24/h9-10,13,15H,7-8,11-12,14H2,1-6H3,(H,25,26)(H2,22,23,24). The number of alkyl halides is 1. The minimum Gasteiger partial charge on any atom is -0.302 e. The van der Waals surface area contributed by atoms with E-state index in [1.807, 2.05) is 39.8 Å². The summed E-state index contributed by atoms with van der Waals surface area (Å²) in [6.45, 7) is 11.3. The van der Waals surface area contributed by atoms with Gasteiger partial charge in [0.05, 0.1) is 0 Å². The molecule has 0 saturated carbocycles. The van der Waals surface area contributed by atoms with Crippen LogP contribution < -0.4 is 0 Å². The third-order valence-electron chi connectivity index (χ3n) is 3.85. The Bertz CT molecular complexity index is 772. The van der Waals surface area contributed by atoms with Gasteiger partial charge in [-0.3, -0.25) is 0 Å². The average molecular weight is 468 g/mol. The van der Waals surface area contributed by atoms with Crippen LogP contribution in [0.4, 0.5) is 4.39 Å². The summed E-state index contributed by atoms with van der Waals surface area (Å²) in [5.74, 6) is -2.77. The molecule has 30 heavy (non-hydrogen) atoms. The normalized spacial score (nSPS) is 17.1. The third-order valence-corrected chi connectivity index (χ3v) is 6.06. The molecule has 10 heteroatoms. The van der Waals surface area contributed by atoms with Gasteiger partial charge in [0.2, 0.25) is 5.85 Å². The second-order valence-corrected chi connectivity index (χ2v) is 10.6. The number of phosphoric acid groups is 2. The smallest absolute Gasteiger partial charge is 0.302 e. The molecule has 174 valence electrons. The summed E-state index contributed by atoms with van der Waals surface area (Å²) >= 11 is 0. The summed E-state index contributed by atoms with van der Waals surface area (Å²) in [4.78, 5) is 27.2. The monoisotopic (exact) mass is 468 g/mol. The number of halogens is 1.